The van der Waals surface area contributed by atoms with Gasteiger partial charge in [-0.3, -0.25) is 9.04 Å². The zero-order chi connectivity index (χ0) is 33.8. The molecule has 0 radical (unpaired) electrons. The van der Waals surface area contributed by atoms with Gasteiger partial charge in [-0.25, -0.2) is 8.42 Å². The molecule has 45 heavy (non-hydrogen) atoms. The Morgan fingerprint density at radius 1 is 0.822 bits per heavy atom. The van der Waals surface area contributed by atoms with E-state index < -0.39 is 30.0 Å². The summed E-state index contributed by atoms with van der Waals surface area (Å²) in [6, 6.07) is 12.8. The van der Waals surface area contributed by atoms with Gasteiger partial charge in [0.2, 0.25) is 6.73 Å². The minimum Gasteiger partial charge on any atom is -0.744 e. The average molecular weight is 703 g/mol. The van der Waals surface area contributed by atoms with Crippen LogP contribution in [0, 0.1) is 0 Å². The number of halogens is 2. The summed E-state index contributed by atoms with van der Waals surface area (Å²) in [5.41, 5.74) is 11.3. The highest BCUT2D eigenvalue weighted by Crippen LogP contribution is 2.28. The molecule has 0 heterocycles. The normalized spacial score (nSPS) is 12.2. The molecular formula is C31H41Cl2N3O7S2. The van der Waals surface area contributed by atoms with Crippen LogP contribution in [0.3, 0.4) is 0 Å². The lowest BCUT2D eigenvalue weighted by molar-refractivity contribution is -0.905. The number of nitrogens with two attached hydrogens (primary N) is 2. The van der Waals surface area contributed by atoms with Crippen molar-refractivity contribution in [1.82, 2.24) is 0 Å². The van der Waals surface area contributed by atoms with Crippen LogP contribution in [0.2, 0.25) is 10.0 Å². The number of anilines is 2. The molecule has 3 rings (SSSR count). The number of ether oxygens (including phenoxy) is 1. The summed E-state index contributed by atoms with van der Waals surface area (Å²) in [5.74, 6) is 0.704. The molecule has 0 aliphatic heterocycles. The SMILES string of the molecule is CCCCCCCC[N+](C)(C)COc1ccc(Cl)cc1Cl.Nc1ccc(C=Cc2ccc(N)cc2S(=O)(=O)O)c(S(=O)(=O)[O-])c1. The summed E-state index contributed by atoms with van der Waals surface area (Å²) < 4.78 is 72.6. The monoisotopic (exact) mass is 701 g/mol. The zero-order valence-electron chi connectivity index (χ0n) is 25.6. The first-order valence-corrected chi connectivity index (χ1v) is 17.8. The van der Waals surface area contributed by atoms with Gasteiger partial charge < -0.3 is 20.8 Å². The molecule has 248 valence electrons. The van der Waals surface area contributed by atoms with Crippen LogP contribution in [0.4, 0.5) is 11.4 Å². The highest BCUT2D eigenvalue weighted by Gasteiger charge is 2.17. The number of hydrogen-bond donors (Lipinski definition) is 3. The molecule has 0 saturated carbocycles. The predicted octanol–water partition coefficient (Wildman–Crippen LogP) is 6.94. The van der Waals surface area contributed by atoms with E-state index in [9.17, 15) is 25.9 Å². The quantitative estimate of drug-likeness (QED) is 0.0402. The molecule has 0 unspecified atom stereocenters. The van der Waals surface area contributed by atoms with Crippen molar-refractivity contribution >= 4 is 67.0 Å². The van der Waals surface area contributed by atoms with E-state index in [4.69, 9.17) is 39.4 Å². The van der Waals surface area contributed by atoms with E-state index in [1.54, 1.807) is 12.1 Å². The third-order valence-corrected chi connectivity index (χ3v) is 8.98. The maximum Gasteiger partial charge on any atom is 0.295 e. The molecule has 5 N–H and O–H groups in total. The van der Waals surface area contributed by atoms with E-state index in [-0.39, 0.29) is 22.5 Å². The van der Waals surface area contributed by atoms with Gasteiger partial charge in [-0.2, -0.15) is 8.42 Å². The van der Waals surface area contributed by atoms with Crippen molar-refractivity contribution < 1.29 is 35.2 Å². The second-order valence-electron chi connectivity index (χ2n) is 11.1. The van der Waals surface area contributed by atoms with Crippen molar-refractivity contribution in [2.75, 3.05) is 38.8 Å². The van der Waals surface area contributed by atoms with E-state index in [1.807, 2.05) is 6.07 Å². The van der Waals surface area contributed by atoms with E-state index in [0.29, 0.717) is 22.5 Å². The maximum absolute atomic E-state index is 11.4. The Bertz CT molecular complexity index is 1600. The Kier molecular flexibility index (Phi) is 14.6. The van der Waals surface area contributed by atoms with Crippen LogP contribution < -0.4 is 16.2 Å². The smallest absolute Gasteiger partial charge is 0.295 e. The predicted molar refractivity (Wildman–Crippen MR) is 181 cm³/mol. The van der Waals surface area contributed by atoms with Gasteiger partial charge >= 0.3 is 0 Å². The molecule has 0 aromatic heterocycles. The molecule has 14 heteroatoms. The number of nitrogens with zero attached hydrogens (tertiary/aromatic N) is 1. The molecule has 3 aromatic carbocycles. The summed E-state index contributed by atoms with van der Waals surface area (Å²) in [4.78, 5) is -0.983. The van der Waals surface area contributed by atoms with Gasteiger partial charge in [-0.05, 0) is 66.4 Å². The van der Waals surface area contributed by atoms with Crippen LogP contribution in [-0.2, 0) is 20.2 Å². The Morgan fingerprint density at radius 2 is 1.36 bits per heavy atom. The van der Waals surface area contributed by atoms with Gasteiger partial charge in [0.1, 0.15) is 20.8 Å². The van der Waals surface area contributed by atoms with E-state index >= 15 is 0 Å². The lowest BCUT2D eigenvalue weighted by Gasteiger charge is -2.29. The Hall–Kier alpha value is -2.84. The van der Waals surface area contributed by atoms with Gasteiger partial charge in [-0.15, -0.1) is 0 Å². The maximum atomic E-state index is 11.4. The first-order chi connectivity index (χ1) is 20.9. The van der Waals surface area contributed by atoms with Gasteiger partial charge in [0, 0.05) is 16.4 Å². The minimum absolute atomic E-state index is 0.0253. The Morgan fingerprint density at radius 3 is 1.89 bits per heavy atom. The van der Waals surface area contributed by atoms with Gasteiger partial charge in [0.15, 0.2) is 0 Å². The lowest BCUT2D eigenvalue weighted by Crippen LogP contribution is -2.43. The van der Waals surface area contributed by atoms with Crippen molar-refractivity contribution in [3.8, 4) is 5.75 Å². The third kappa shape index (κ3) is 13.6. The number of hydrogen-bond acceptors (Lipinski definition) is 8. The fourth-order valence-corrected chi connectivity index (χ4v) is 6.11. The average Bonchev–Trinajstić information content (AvgIpc) is 2.93. The summed E-state index contributed by atoms with van der Waals surface area (Å²) in [6.45, 7) is 3.99. The first-order valence-electron chi connectivity index (χ1n) is 14.2. The fraction of sp³-hybridized carbons (Fsp3) is 0.355. The topological polar surface area (TPSA) is 173 Å². The molecule has 3 aromatic rings. The number of quaternary nitrogens is 1. The van der Waals surface area contributed by atoms with Crippen molar-refractivity contribution in [2.45, 2.75) is 55.2 Å². The summed E-state index contributed by atoms with van der Waals surface area (Å²) in [5, 5.41) is 1.20. The number of rotatable bonds is 14. The van der Waals surface area contributed by atoms with Crippen LogP contribution in [0.1, 0.15) is 56.6 Å². The molecule has 10 nitrogen and oxygen atoms in total. The summed E-state index contributed by atoms with van der Waals surface area (Å²) >= 11 is 12.0. The lowest BCUT2D eigenvalue weighted by atomic mass is 10.1. The van der Waals surface area contributed by atoms with Crippen molar-refractivity contribution in [3.05, 3.63) is 75.8 Å². The van der Waals surface area contributed by atoms with E-state index in [2.05, 4.69) is 21.0 Å². The molecule has 0 atom stereocenters. The van der Waals surface area contributed by atoms with Gasteiger partial charge in [0.25, 0.3) is 10.1 Å². The number of unbranched alkanes of at least 4 members (excludes halogenated alkanes) is 5. The second-order valence-corrected chi connectivity index (χ2v) is 14.7. The summed E-state index contributed by atoms with van der Waals surface area (Å²) in [7, 11) is -4.93. The first kappa shape index (κ1) is 38.3. The summed E-state index contributed by atoms with van der Waals surface area (Å²) in [6.07, 6.45) is 10.4. The number of nitrogen functional groups attached to an aromatic ring is 2. The minimum atomic E-state index is -4.77. The Labute approximate surface area is 276 Å². The highest BCUT2D eigenvalue weighted by molar-refractivity contribution is 7.86. The molecule has 0 aliphatic carbocycles. The van der Waals surface area contributed by atoms with Gasteiger partial charge in [-0.1, -0.05) is 80.1 Å². The number of benzene rings is 3. The van der Waals surface area contributed by atoms with Crippen molar-refractivity contribution in [1.29, 1.82) is 0 Å². The molecule has 0 fully saturated rings. The third-order valence-electron chi connectivity index (χ3n) is 6.65. The van der Waals surface area contributed by atoms with Crippen LogP contribution in [0.5, 0.6) is 5.75 Å². The Balaban J connectivity index is 0.000000317. The van der Waals surface area contributed by atoms with E-state index in [1.165, 1.54) is 74.9 Å². The van der Waals surface area contributed by atoms with Crippen LogP contribution >= 0.6 is 23.2 Å². The van der Waals surface area contributed by atoms with Crippen LogP contribution in [0.25, 0.3) is 12.2 Å². The van der Waals surface area contributed by atoms with Gasteiger partial charge in [0.05, 0.1) is 30.6 Å². The standard InChI is InChI=1S/C17H28Cl2NO.C14H14N2O6S2/c1-4-5-6-7-8-9-12-20(2,3)14-21-17-11-10-15(18)13-16(17)19;15-11-5-3-9(13(7-11)23(17,18)19)1-2-10-4-6-12(16)8-14(10)24(20,21)22/h10-11,13H,4-9,12,14H2,1-3H3;1-8H,15-16H2,(H,17,18,19)(H,20,21,22)/q+1;/p-1. The fourth-order valence-electron chi connectivity index (χ4n) is 4.22. The van der Waals surface area contributed by atoms with Crippen LogP contribution in [-0.4, -0.2) is 57.8 Å². The zero-order valence-corrected chi connectivity index (χ0v) is 28.7. The molecular weight excluding hydrogens is 661 g/mol. The largest absolute Gasteiger partial charge is 0.744 e. The second kappa shape index (κ2) is 17.2. The highest BCUT2D eigenvalue weighted by atomic mass is 35.5. The molecule has 0 amide bonds. The molecule has 0 spiro atoms. The van der Waals surface area contributed by atoms with Crippen molar-refractivity contribution in [2.24, 2.45) is 0 Å². The van der Waals surface area contributed by atoms with Crippen molar-refractivity contribution in [3.63, 3.8) is 0 Å². The molecule has 0 aliphatic rings. The van der Waals surface area contributed by atoms with Crippen LogP contribution in [0.15, 0.2) is 64.4 Å². The van der Waals surface area contributed by atoms with E-state index in [0.717, 1.165) is 23.2 Å². The molecule has 0 bridgehead atoms. The molecule has 0 saturated heterocycles.